The second-order valence-electron chi connectivity index (χ2n) is 6.84. The van der Waals surface area contributed by atoms with Crippen LogP contribution in [0.15, 0.2) is 18.2 Å². The minimum Gasteiger partial charge on any atom is -0.491 e. The topological polar surface area (TPSA) is 84.6 Å². The highest BCUT2D eigenvalue weighted by molar-refractivity contribution is 5.80. The highest BCUT2D eigenvalue weighted by atomic mass is 16.5. The molecule has 0 radical (unpaired) electrons. The Bertz CT molecular complexity index is 509. The maximum absolute atomic E-state index is 11.5. The molecule has 5 heteroatoms. The van der Waals surface area contributed by atoms with Gasteiger partial charge in [0, 0.05) is 6.54 Å². The number of aliphatic hydroxyl groups is 1. The van der Waals surface area contributed by atoms with Crippen LogP contribution in [-0.2, 0) is 4.79 Å². The smallest absolute Gasteiger partial charge is 0.235 e. The summed E-state index contributed by atoms with van der Waals surface area (Å²) in [5, 5.41) is 13.0. The minimum absolute atomic E-state index is 0.160. The molecule has 1 amide bonds. The van der Waals surface area contributed by atoms with Crippen LogP contribution >= 0.6 is 0 Å². The Balaban J connectivity index is 2.51. The summed E-state index contributed by atoms with van der Waals surface area (Å²) in [5.41, 5.74) is 7.22. The second-order valence-corrected chi connectivity index (χ2v) is 6.84. The maximum atomic E-state index is 11.5. The molecule has 2 atom stereocenters. The number of primary amides is 1. The summed E-state index contributed by atoms with van der Waals surface area (Å²) in [7, 11) is 0. The first kappa shape index (κ1) is 18.5. The van der Waals surface area contributed by atoms with Gasteiger partial charge < -0.3 is 20.9 Å². The summed E-state index contributed by atoms with van der Waals surface area (Å²) >= 11 is 0. The van der Waals surface area contributed by atoms with Gasteiger partial charge in [-0.1, -0.05) is 32.9 Å². The quantitative estimate of drug-likeness (QED) is 0.713. The van der Waals surface area contributed by atoms with Crippen LogP contribution < -0.4 is 15.8 Å². The van der Waals surface area contributed by atoms with Crippen molar-refractivity contribution in [1.82, 2.24) is 5.32 Å². The summed E-state index contributed by atoms with van der Waals surface area (Å²) in [6.07, 6.45) is -0.718. The normalized spacial score (nSPS) is 14.5. The second kappa shape index (κ2) is 7.61. The van der Waals surface area contributed by atoms with E-state index >= 15 is 0 Å². The Morgan fingerprint density at radius 2 is 2.00 bits per heavy atom. The number of rotatable bonds is 7. The minimum atomic E-state index is -0.718. The fraction of sp³-hybridized carbons (Fsp3) is 0.588. The van der Waals surface area contributed by atoms with Crippen molar-refractivity contribution in [1.29, 1.82) is 0 Å². The Kier molecular flexibility index (Phi) is 6.38. The molecule has 1 aromatic carbocycles. The van der Waals surface area contributed by atoms with Crippen LogP contribution in [0.3, 0.4) is 0 Å². The summed E-state index contributed by atoms with van der Waals surface area (Å²) in [6, 6.07) is 5.44. The molecule has 0 bridgehead atoms. The summed E-state index contributed by atoms with van der Waals surface area (Å²) in [4.78, 5) is 11.5. The van der Waals surface area contributed by atoms with E-state index in [0.29, 0.717) is 0 Å². The Morgan fingerprint density at radius 1 is 1.36 bits per heavy atom. The van der Waals surface area contributed by atoms with E-state index in [1.165, 1.54) is 0 Å². The van der Waals surface area contributed by atoms with Crippen LogP contribution in [0.1, 0.15) is 31.9 Å². The molecule has 5 nitrogen and oxygen atoms in total. The zero-order valence-electron chi connectivity index (χ0n) is 14.1. The monoisotopic (exact) mass is 308 g/mol. The first-order valence-corrected chi connectivity index (χ1v) is 7.52. The molecule has 0 saturated heterocycles. The lowest BCUT2D eigenvalue weighted by Crippen LogP contribution is -2.52. The molecule has 4 N–H and O–H groups in total. The number of amides is 1. The van der Waals surface area contributed by atoms with E-state index in [1.54, 1.807) is 0 Å². The van der Waals surface area contributed by atoms with Gasteiger partial charge in [-0.15, -0.1) is 0 Å². The number of hydrogen-bond donors (Lipinski definition) is 3. The van der Waals surface area contributed by atoms with Gasteiger partial charge in [0.25, 0.3) is 0 Å². The van der Waals surface area contributed by atoms with Crippen molar-refractivity contribution in [2.24, 2.45) is 11.1 Å². The van der Waals surface area contributed by atoms with Gasteiger partial charge in [0.05, 0.1) is 6.04 Å². The number of carbonyl (C=O) groups excluding carboxylic acids is 1. The molecule has 0 aliphatic carbocycles. The molecule has 0 aromatic heterocycles. The predicted octanol–water partition coefficient (Wildman–Crippen LogP) is 1.53. The van der Waals surface area contributed by atoms with Crippen LogP contribution in [0.25, 0.3) is 0 Å². The van der Waals surface area contributed by atoms with Crippen LogP contribution in [0.5, 0.6) is 5.75 Å². The highest BCUT2D eigenvalue weighted by Gasteiger charge is 2.29. The molecule has 1 unspecified atom stereocenters. The molecular formula is C17H28N2O3. The molecule has 0 heterocycles. The van der Waals surface area contributed by atoms with Crippen molar-refractivity contribution in [3.63, 3.8) is 0 Å². The van der Waals surface area contributed by atoms with Gasteiger partial charge in [0.15, 0.2) is 0 Å². The van der Waals surface area contributed by atoms with Gasteiger partial charge >= 0.3 is 0 Å². The number of benzene rings is 1. The van der Waals surface area contributed by atoms with E-state index in [9.17, 15) is 9.90 Å². The largest absolute Gasteiger partial charge is 0.491 e. The predicted molar refractivity (Wildman–Crippen MR) is 87.9 cm³/mol. The molecule has 1 rings (SSSR count). The number of aliphatic hydroxyl groups excluding tert-OH is 1. The lowest BCUT2D eigenvalue weighted by Gasteiger charge is -2.29. The van der Waals surface area contributed by atoms with Crippen molar-refractivity contribution in [3.05, 3.63) is 29.3 Å². The molecular weight excluding hydrogens is 280 g/mol. The van der Waals surface area contributed by atoms with Crippen LogP contribution in [0.4, 0.5) is 0 Å². The number of ether oxygens (including phenoxy) is 1. The van der Waals surface area contributed by atoms with Gasteiger partial charge in [-0.2, -0.15) is 0 Å². The molecule has 22 heavy (non-hydrogen) atoms. The van der Waals surface area contributed by atoms with Crippen molar-refractivity contribution < 1.29 is 14.6 Å². The number of carbonyl (C=O) groups is 1. The molecule has 0 aliphatic heterocycles. The number of hydrogen-bond acceptors (Lipinski definition) is 4. The van der Waals surface area contributed by atoms with E-state index in [2.05, 4.69) is 5.32 Å². The molecule has 0 fully saturated rings. The third kappa shape index (κ3) is 5.66. The molecule has 1 aromatic rings. The van der Waals surface area contributed by atoms with Gasteiger partial charge in [-0.25, -0.2) is 0 Å². The highest BCUT2D eigenvalue weighted by Crippen LogP contribution is 2.20. The molecule has 124 valence electrons. The van der Waals surface area contributed by atoms with E-state index in [1.807, 2.05) is 52.8 Å². The van der Waals surface area contributed by atoms with Crippen molar-refractivity contribution in [2.45, 2.75) is 46.8 Å². The van der Waals surface area contributed by atoms with Crippen LogP contribution in [-0.4, -0.2) is 36.3 Å². The number of nitrogens with one attached hydrogen (secondary N) is 1. The summed E-state index contributed by atoms with van der Waals surface area (Å²) < 4.78 is 5.65. The Morgan fingerprint density at radius 3 is 2.55 bits per heavy atom. The van der Waals surface area contributed by atoms with Gasteiger partial charge in [-0.05, 0) is 36.5 Å². The summed E-state index contributed by atoms with van der Waals surface area (Å²) in [5.74, 6) is 0.344. The van der Waals surface area contributed by atoms with E-state index < -0.39 is 18.1 Å². The Labute approximate surface area is 132 Å². The fourth-order valence-corrected chi connectivity index (χ4v) is 2.20. The van der Waals surface area contributed by atoms with E-state index in [4.69, 9.17) is 10.5 Å². The SMILES string of the molecule is Cc1ccc(C)c(OCC(O)CN[C@H](C(N)=O)C(C)(C)C)c1. The number of aryl methyl sites for hydroxylation is 2. The zero-order chi connectivity index (χ0) is 16.9. The summed E-state index contributed by atoms with van der Waals surface area (Å²) in [6.45, 7) is 10.1. The van der Waals surface area contributed by atoms with Gasteiger partial charge in [0.2, 0.25) is 5.91 Å². The average Bonchev–Trinajstić information content (AvgIpc) is 2.38. The third-order valence-corrected chi connectivity index (χ3v) is 3.48. The Hall–Kier alpha value is -1.59. The van der Waals surface area contributed by atoms with Crippen LogP contribution in [0, 0.1) is 19.3 Å². The molecule has 0 spiro atoms. The van der Waals surface area contributed by atoms with Gasteiger partial charge in [0.1, 0.15) is 18.5 Å². The van der Waals surface area contributed by atoms with Gasteiger partial charge in [-0.3, -0.25) is 4.79 Å². The fourth-order valence-electron chi connectivity index (χ4n) is 2.20. The first-order chi connectivity index (χ1) is 10.1. The van der Waals surface area contributed by atoms with E-state index in [-0.39, 0.29) is 18.6 Å². The first-order valence-electron chi connectivity index (χ1n) is 7.52. The lowest BCUT2D eigenvalue weighted by molar-refractivity contribution is -0.122. The lowest BCUT2D eigenvalue weighted by atomic mass is 9.86. The number of nitrogens with two attached hydrogens (primary N) is 1. The average molecular weight is 308 g/mol. The van der Waals surface area contributed by atoms with Crippen LogP contribution in [0.2, 0.25) is 0 Å². The van der Waals surface area contributed by atoms with Crippen molar-refractivity contribution in [2.75, 3.05) is 13.2 Å². The maximum Gasteiger partial charge on any atom is 0.235 e. The molecule has 0 aliphatic rings. The zero-order valence-corrected chi connectivity index (χ0v) is 14.1. The van der Waals surface area contributed by atoms with E-state index in [0.717, 1.165) is 16.9 Å². The third-order valence-electron chi connectivity index (χ3n) is 3.48. The standard InChI is InChI=1S/C17H28N2O3/c1-11-6-7-12(2)14(8-11)22-10-13(20)9-19-15(16(18)21)17(3,4)5/h6-8,13,15,19-20H,9-10H2,1-5H3,(H2,18,21)/t13?,15-/m1/s1. The van der Waals surface area contributed by atoms with Crippen molar-refractivity contribution >= 4 is 5.91 Å². The molecule has 0 saturated carbocycles. The van der Waals surface area contributed by atoms with Crippen molar-refractivity contribution in [3.8, 4) is 5.75 Å².